The van der Waals surface area contributed by atoms with Crippen LogP contribution in [-0.4, -0.2) is 113 Å². The third-order valence-electron chi connectivity index (χ3n) is 12.6. The van der Waals surface area contributed by atoms with Crippen molar-refractivity contribution >= 4 is 23.4 Å². The van der Waals surface area contributed by atoms with E-state index in [4.69, 9.17) is 18.9 Å². The Morgan fingerprint density at radius 2 is 1.67 bits per heavy atom. The lowest BCUT2D eigenvalue weighted by Gasteiger charge is -2.44. The number of hydrogen-bond donors (Lipinski definition) is 3. The first-order valence-electron chi connectivity index (χ1n) is 20.4. The minimum atomic E-state index is -2.41. The van der Waals surface area contributed by atoms with Crippen LogP contribution in [0.25, 0.3) is 0 Å². The Hall–Kier alpha value is -2.74. The Morgan fingerprint density at radius 3 is 2.35 bits per heavy atom. The number of aliphatic hydroxyl groups excluding tert-OH is 2. The van der Waals surface area contributed by atoms with Gasteiger partial charge in [-0.3, -0.25) is 14.4 Å². The van der Waals surface area contributed by atoms with Gasteiger partial charge in [0.25, 0.3) is 11.7 Å². The van der Waals surface area contributed by atoms with Gasteiger partial charge >= 0.3 is 5.97 Å². The van der Waals surface area contributed by atoms with Gasteiger partial charge in [0.15, 0.2) is 0 Å². The van der Waals surface area contributed by atoms with Gasteiger partial charge in [0.2, 0.25) is 5.79 Å². The van der Waals surface area contributed by atoms with Crippen LogP contribution in [0.3, 0.4) is 0 Å². The number of aliphatic hydroxyl groups is 3. The number of nitrogens with zero attached hydrogens (tertiary/aromatic N) is 1. The van der Waals surface area contributed by atoms with Crippen molar-refractivity contribution in [2.24, 2.45) is 29.6 Å². The molecule has 0 aromatic heterocycles. The van der Waals surface area contributed by atoms with Crippen LogP contribution in [0.1, 0.15) is 112 Å². The first-order valence-corrected chi connectivity index (χ1v) is 20.4. The second kappa shape index (κ2) is 20.1. The van der Waals surface area contributed by atoms with Crippen LogP contribution < -0.4 is 0 Å². The van der Waals surface area contributed by atoms with E-state index >= 15 is 0 Å². The molecule has 2 unspecified atom stereocenters. The molecule has 0 spiro atoms. The molecule has 12 nitrogen and oxygen atoms in total. The normalized spacial score (nSPS) is 40.7. The summed E-state index contributed by atoms with van der Waals surface area (Å²) in [4.78, 5) is 57.4. The summed E-state index contributed by atoms with van der Waals surface area (Å²) in [5.74, 6) is -7.27. The molecule has 2 saturated heterocycles. The van der Waals surface area contributed by atoms with Crippen molar-refractivity contribution in [2.75, 3.05) is 20.8 Å². The molecule has 3 fully saturated rings. The quantitative estimate of drug-likeness (QED) is 0.188. The maximum Gasteiger partial charge on any atom is 0.329 e. The van der Waals surface area contributed by atoms with Gasteiger partial charge in [0, 0.05) is 44.9 Å². The predicted octanol–water partition coefficient (Wildman–Crippen LogP) is 5.01. The summed E-state index contributed by atoms with van der Waals surface area (Å²) in [5, 5.41) is 33.9. The average Bonchev–Trinajstić information content (AvgIpc) is 3.16. The summed E-state index contributed by atoms with van der Waals surface area (Å²) in [7, 11) is 3.12. The predicted molar refractivity (Wildman–Crippen MR) is 206 cm³/mol. The SMILES string of the molecule is C=CC[C@@H]1/C=C(\C)C[C@H](C)C[C@H](OC)C2CC[C@@H](C)[C@@](O)(O2)C(=O)C(=O)N2CCCC[C@H]2C(=O)OC(/C(C)=C/[C@@H]2CC[C@@H](O)[C@H](OC)C2)[C@H](C)[C@@H](O)CC1=O. The minimum absolute atomic E-state index is 0.000723. The molecule has 1 saturated carbocycles. The Morgan fingerprint density at radius 1 is 0.964 bits per heavy atom. The molecule has 12 heteroatoms. The summed E-state index contributed by atoms with van der Waals surface area (Å²) in [6.07, 6.45) is 6.92. The molecule has 4 aliphatic rings. The Kier molecular flexibility index (Phi) is 16.4. The standard InChI is InChI=1S/C43H67NO11/c1-9-12-31-20-25(2)19-26(3)21-38(53-8)36-17-14-28(5)43(51,55-36)40(48)41(49)44-18-11-10-13-32(44)42(50)54-39(29(6)34(46)24-35(31)47)27(4)22-30-15-16-33(45)37(23-30)52-7/h9,20,22,26,28-34,36-39,45-46,51H,1,10-19,21,23-24H2,2-8H3/b25-20+,27-22+/t26-,28+,29+,30-,31+,32-,33+,34-,36?,37+,38-,39?,43+/m0/s1. The van der Waals surface area contributed by atoms with Gasteiger partial charge in [-0.2, -0.15) is 0 Å². The van der Waals surface area contributed by atoms with Gasteiger partial charge in [0.1, 0.15) is 17.9 Å². The molecule has 0 radical (unpaired) electrons. The van der Waals surface area contributed by atoms with Crippen molar-refractivity contribution in [3.8, 4) is 0 Å². The van der Waals surface area contributed by atoms with Gasteiger partial charge in [-0.25, -0.2) is 4.79 Å². The number of amides is 1. The topological polar surface area (TPSA) is 169 Å². The molecule has 4 rings (SSSR count). The van der Waals surface area contributed by atoms with Gasteiger partial charge in [-0.15, -0.1) is 6.58 Å². The van der Waals surface area contributed by atoms with Crippen LogP contribution in [0.15, 0.2) is 36.0 Å². The van der Waals surface area contributed by atoms with E-state index in [2.05, 4.69) is 13.5 Å². The first kappa shape index (κ1) is 45.0. The molecule has 2 bridgehead atoms. The number of piperidine rings is 1. The van der Waals surface area contributed by atoms with E-state index < -0.39 is 77.8 Å². The van der Waals surface area contributed by atoms with E-state index in [1.807, 2.05) is 26.0 Å². The summed E-state index contributed by atoms with van der Waals surface area (Å²) >= 11 is 0. The highest BCUT2D eigenvalue weighted by Crippen LogP contribution is 2.38. The van der Waals surface area contributed by atoms with Gasteiger partial charge in [-0.1, -0.05) is 44.6 Å². The molecule has 310 valence electrons. The Labute approximate surface area is 327 Å². The van der Waals surface area contributed by atoms with E-state index in [9.17, 15) is 34.5 Å². The fourth-order valence-corrected chi connectivity index (χ4v) is 9.15. The number of methoxy groups -OCH3 is 2. The van der Waals surface area contributed by atoms with Crippen LogP contribution in [0.5, 0.6) is 0 Å². The average molecular weight is 774 g/mol. The second-order valence-corrected chi connectivity index (χ2v) is 16.9. The maximum atomic E-state index is 14.2. The van der Waals surface area contributed by atoms with E-state index in [1.165, 1.54) is 4.90 Å². The zero-order valence-electron chi connectivity index (χ0n) is 34.1. The number of rotatable bonds is 6. The van der Waals surface area contributed by atoms with Gasteiger partial charge in [0.05, 0.1) is 30.5 Å². The highest BCUT2D eigenvalue weighted by Gasteiger charge is 2.54. The number of ketones is 2. The smallest absolute Gasteiger partial charge is 0.329 e. The molecule has 3 heterocycles. The number of Topliss-reactive ketones (excluding diaryl/α,β-unsaturated/α-hetero) is 2. The summed E-state index contributed by atoms with van der Waals surface area (Å²) in [6, 6.07) is -1.11. The second-order valence-electron chi connectivity index (χ2n) is 16.9. The lowest BCUT2D eigenvalue weighted by atomic mass is 9.81. The largest absolute Gasteiger partial charge is 0.456 e. The first-order chi connectivity index (χ1) is 26.0. The summed E-state index contributed by atoms with van der Waals surface area (Å²) < 4.78 is 23.8. The van der Waals surface area contributed by atoms with Gasteiger partial charge in [-0.05, 0) is 102 Å². The summed E-state index contributed by atoms with van der Waals surface area (Å²) in [6.45, 7) is 13.3. The molecular weight excluding hydrogens is 706 g/mol. The molecular formula is C43H67NO11. The molecule has 13 atom stereocenters. The van der Waals surface area contributed by atoms with Crippen molar-refractivity contribution in [3.05, 3.63) is 36.0 Å². The fourth-order valence-electron chi connectivity index (χ4n) is 9.15. The number of cyclic esters (lactones) is 1. The Balaban J connectivity index is 1.75. The molecule has 0 aromatic carbocycles. The molecule has 0 aromatic rings. The molecule has 1 aliphatic carbocycles. The minimum Gasteiger partial charge on any atom is -0.456 e. The van der Waals surface area contributed by atoms with Crippen LogP contribution in [0, 0.1) is 29.6 Å². The molecule has 3 N–H and O–H groups in total. The van der Waals surface area contributed by atoms with E-state index in [0.29, 0.717) is 69.8 Å². The van der Waals surface area contributed by atoms with Crippen molar-refractivity contribution in [1.29, 1.82) is 0 Å². The highest BCUT2D eigenvalue weighted by molar-refractivity contribution is 6.39. The molecule has 3 aliphatic heterocycles. The van der Waals surface area contributed by atoms with E-state index in [-0.39, 0.29) is 43.1 Å². The number of carbonyl (C=O) groups excluding carboxylic acids is 4. The maximum absolute atomic E-state index is 14.2. The van der Waals surface area contributed by atoms with Crippen molar-refractivity contribution in [3.63, 3.8) is 0 Å². The molecule has 1 amide bonds. The summed E-state index contributed by atoms with van der Waals surface area (Å²) in [5.41, 5.74) is 1.65. The number of fused-ring (bicyclic) bond motifs is 3. The van der Waals surface area contributed by atoms with Crippen LogP contribution in [-0.2, 0) is 38.1 Å². The third kappa shape index (κ3) is 11.0. The number of esters is 1. The monoisotopic (exact) mass is 773 g/mol. The van der Waals surface area contributed by atoms with Crippen molar-refractivity contribution < 1.29 is 53.4 Å². The fraction of sp³-hybridized carbons (Fsp3) is 0.767. The lowest BCUT2D eigenvalue weighted by Crippen LogP contribution is -2.61. The number of carbonyl (C=O) groups is 4. The molecule has 55 heavy (non-hydrogen) atoms. The van der Waals surface area contributed by atoms with Gasteiger partial charge < -0.3 is 39.2 Å². The van der Waals surface area contributed by atoms with Crippen LogP contribution >= 0.6 is 0 Å². The highest BCUT2D eigenvalue weighted by atomic mass is 16.7. The lowest BCUT2D eigenvalue weighted by molar-refractivity contribution is -0.278. The van der Waals surface area contributed by atoms with Crippen LogP contribution in [0.2, 0.25) is 0 Å². The van der Waals surface area contributed by atoms with Crippen LogP contribution in [0.4, 0.5) is 0 Å². The number of ether oxygens (including phenoxy) is 4. The van der Waals surface area contributed by atoms with Crippen molar-refractivity contribution in [2.45, 2.75) is 160 Å². The third-order valence-corrected chi connectivity index (χ3v) is 12.6. The zero-order chi connectivity index (χ0) is 40.6. The Bertz CT molecular complexity index is 1430. The zero-order valence-corrected chi connectivity index (χ0v) is 34.1. The van der Waals surface area contributed by atoms with E-state index in [0.717, 1.165) is 5.57 Å². The number of allylic oxidation sites excluding steroid dienone is 4. The van der Waals surface area contributed by atoms with E-state index in [1.54, 1.807) is 34.1 Å². The number of hydrogen-bond acceptors (Lipinski definition) is 11. The van der Waals surface area contributed by atoms with Crippen molar-refractivity contribution in [1.82, 2.24) is 4.90 Å².